The Kier molecular flexibility index (Phi) is 8.81. The first-order chi connectivity index (χ1) is 8.39. The summed E-state index contributed by atoms with van der Waals surface area (Å²) < 4.78 is 5.15. The predicted molar refractivity (Wildman–Crippen MR) is 75.8 cm³/mol. The third-order valence-electron chi connectivity index (χ3n) is 2.58. The molecule has 1 atom stereocenters. The van der Waals surface area contributed by atoms with Crippen molar-refractivity contribution in [3.63, 3.8) is 0 Å². The molecule has 0 bridgehead atoms. The number of amides is 1. The smallest absolute Gasteiger partial charge is 0.407 e. The zero-order valence-electron chi connectivity index (χ0n) is 12.6. The van der Waals surface area contributed by atoms with Crippen LogP contribution in [0.5, 0.6) is 0 Å². The third-order valence-corrected chi connectivity index (χ3v) is 2.58. The second kappa shape index (κ2) is 9.20. The number of hydrogen-bond donors (Lipinski definition) is 2. The Morgan fingerprint density at radius 1 is 1.22 bits per heavy atom. The van der Waals surface area contributed by atoms with Crippen LogP contribution in [-0.4, -0.2) is 30.8 Å². The Balaban J connectivity index is 3.53. The summed E-state index contributed by atoms with van der Waals surface area (Å²) in [5, 5.41) is 6.26. The van der Waals surface area contributed by atoms with Gasteiger partial charge in [0.05, 0.1) is 0 Å². The molecule has 4 nitrogen and oxygen atoms in total. The van der Waals surface area contributed by atoms with Crippen molar-refractivity contribution in [3.8, 4) is 0 Å². The maximum atomic E-state index is 11.4. The summed E-state index contributed by atoms with van der Waals surface area (Å²) in [6, 6.07) is 0.608. The molecule has 0 aromatic carbocycles. The summed E-state index contributed by atoms with van der Waals surface area (Å²) in [6.07, 6.45) is 4.19. The molecule has 0 saturated heterocycles. The number of ether oxygens (including phenoxy) is 1. The molecule has 0 aromatic rings. The molecule has 0 spiro atoms. The van der Waals surface area contributed by atoms with Crippen LogP contribution in [0.3, 0.4) is 0 Å². The van der Waals surface area contributed by atoms with Gasteiger partial charge in [-0.3, -0.25) is 0 Å². The quantitative estimate of drug-likeness (QED) is 0.658. The Bertz CT molecular complexity index is 224. The van der Waals surface area contributed by atoms with Crippen LogP contribution in [0.15, 0.2) is 0 Å². The summed E-state index contributed by atoms with van der Waals surface area (Å²) in [7, 11) is 0. The Morgan fingerprint density at radius 2 is 1.89 bits per heavy atom. The van der Waals surface area contributed by atoms with Crippen molar-refractivity contribution >= 4 is 6.09 Å². The van der Waals surface area contributed by atoms with Gasteiger partial charge in [-0.25, -0.2) is 4.79 Å². The molecule has 1 unspecified atom stereocenters. The molecule has 1 amide bonds. The minimum Gasteiger partial charge on any atom is -0.444 e. The highest BCUT2D eigenvalue weighted by atomic mass is 16.6. The van der Waals surface area contributed by atoms with Crippen molar-refractivity contribution in [2.24, 2.45) is 0 Å². The molecule has 0 fully saturated rings. The summed E-state index contributed by atoms with van der Waals surface area (Å²) in [5.74, 6) is 0. The van der Waals surface area contributed by atoms with Gasteiger partial charge in [-0.1, -0.05) is 20.3 Å². The van der Waals surface area contributed by atoms with Crippen LogP contribution in [0.25, 0.3) is 0 Å². The molecule has 108 valence electrons. The average molecular weight is 258 g/mol. The fourth-order valence-corrected chi connectivity index (χ4v) is 1.70. The molecule has 0 aliphatic heterocycles. The van der Waals surface area contributed by atoms with Crippen LogP contribution in [0.2, 0.25) is 0 Å². The van der Waals surface area contributed by atoms with Crippen molar-refractivity contribution in [3.05, 3.63) is 0 Å². The maximum absolute atomic E-state index is 11.4. The molecule has 0 heterocycles. The highest BCUT2D eigenvalue weighted by molar-refractivity contribution is 5.67. The second-order valence-corrected chi connectivity index (χ2v) is 5.63. The van der Waals surface area contributed by atoms with E-state index in [9.17, 15) is 4.79 Å². The van der Waals surface area contributed by atoms with E-state index in [-0.39, 0.29) is 6.09 Å². The number of carbonyl (C=O) groups is 1. The van der Waals surface area contributed by atoms with Gasteiger partial charge in [-0.05, 0) is 46.6 Å². The van der Waals surface area contributed by atoms with Gasteiger partial charge in [0.2, 0.25) is 0 Å². The summed E-state index contributed by atoms with van der Waals surface area (Å²) in [4.78, 5) is 11.4. The van der Waals surface area contributed by atoms with E-state index in [4.69, 9.17) is 4.74 Å². The number of hydrogen-bond acceptors (Lipinski definition) is 3. The van der Waals surface area contributed by atoms with Crippen molar-refractivity contribution in [2.75, 3.05) is 13.1 Å². The van der Waals surface area contributed by atoms with E-state index in [0.717, 1.165) is 19.4 Å². The Morgan fingerprint density at radius 3 is 2.39 bits per heavy atom. The van der Waals surface area contributed by atoms with Crippen molar-refractivity contribution in [1.29, 1.82) is 0 Å². The normalized spacial score (nSPS) is 13.2. The van der Waals surface area contributed by atoms with E-state index >= 15 is 0 Å². The molecule has 0 rings (SSSR count). The lowest BCUT2D eigenvalue weighted by atomic mass is 10.1. The lowest BCUT2D eigenvalue weighted by molar-refractivity contribution is 0.0527. The largest absolute Gasteiger partial charge is 0.444 e. The van der Waals surface area contributed by atoms with Crippen LogP contribution in [0.1, 0.15) is 60.3 Å². The van der Waals surface area contributed by atoms with Crippen LogP contribution in [0.4, 0.5) is 4.79 Å². The highest BCUT2D eigenvalue weighted by Crippen LogP contribution is 2.06. The van der Waals surface area contributed by atoms with Crippen molar-refractivity contribution in [1.82, 2.24) is 10.6 Å². The molecule has 2 N–H and O–H groups in total. The zero-order chi connectivity index (χ0) is 14.0. The first-order valence-corrected chi connectivity index (χ1v) is 7.09. The Labute approximate surface area is 112 Å². The lowest BCUT2D eigenvalue weighted by Gasteiger charge is -2.20. The SMILES string of the molecule is CCCC(CC)NCCCNC(=O)OC(C)(C)C. The van der Waals surface area contributed by atoms with E-state index in [0.29, 0.717) is 12.6 Å². The van der Waals surface area contributed by atoms with Gasteiger partial charge >= 0.3 is 6.09 Å². The minimum atomic E-state index is -0.420. The monoisotopic (exact) mass is 258 g/mol. The van der Waals surface area contributed by atoms with E-state index in [1.54, 1.807) is 0 Å². The molecule has 4 heteroatoms. The van der Waals surface area contributed by atoms with Crippen LogP contribution in [-0.2, 0) is 4.74 Å². The van der Waals surface area contributed by atoms with Gasteiger partial charge in [0.15, 0.2) is 0 Å². The molecule has 0 radical (unpaired) electrons. The second-order valence-electron chi connectivity index (χ2n) is 5.63. The fourth-order valence-electron chi connectivity index (χ4n) is 1.70. The summed E-state index contributed by atoms with van der Waals surface area (Å²) in [5.41, 5.74) is -0.420. The first-order valence-electron chi connectivity index (χ1n) is 7.09. The maximum Gasteiger partial charge on any atom is 0.407 e. The molecule has 0 aromatic heterocycles. The highest BCUT2D eigenvalue weighted by Gasteiger charge is 2.15. The summed E-state index contributed by atoms with van der Waals surface area (Å²) >= 11 is 0. The molecule has 0 aliphatic rings. The zero-order valence-corrected chi connectivity index (χ0v) is 12.6. The van der Waals surface area contributed by atoms with Crippen molar-refractivity contribution in [2.45, 2.75) is 71.9 Å². The average Bonchev–Trinajstić information content (AvgIpc) is 2.24. The molecule has 0 saturated carbocycles. The van der Waals surface area contributed by atoms with Gasteiger partial charge in [0.25, 0.3) is 0 Å². The number of carbonyl (C=O) groups excluding carboxylic acids is 1. The van der Waals surface area contributed by atoms with E-state index < -0.39 is 5.60 Å². The van der Waals surface area contributed by atoms with E-state index in [1.165, 1.54) is 12.8 Å². The number of alkyl carbamates (subject to hydrolysis) is 1. The third kappa shape index (κ3) is 10.4. The van der Waals surface area contributed by atoms with E-state index in [1.807, 2.05) is 20.8 Å². The molecule has 18 heavy (non-hydrogen) atoms. The van der Waals surface area contributed by atoms with Gasteiger partial charge in [-0.2, -0.15) is 0 Å². The standard InChI is InChI=1S/C14H30N2O2/c1-6-9-12(7-2)15-10-8-11-16-13(17)18-14(3,4)5/h12,15H,6-11H2,1-5H3,(H,16,17). The van der Waals surface area contributed by atoms with Gasteiger partial charge in [0, 0.05) is 12.6 Å². The minimum absolute atomic E-state index is 0.330. The topological polar surface area (TPSA) is 50.4 Å². The Hall–Kier alpha value is -0.770. The predicted octanol–water partition coefficient (Wildman–Crippen LogP) is 3.07. The summed E-state index contributed by atoms with van der Waals surface area (Å²) in [6.45, 7) is 11.6. The van der Waals surface area contributed by atoms with Crippen LogP contribution < -0.4 is 10.6 Å². The van der Waals surface area contributed by atoms with Gasteiger partial charge in [-0.15, -0.1) is 0 Å². The molecular weight excluding hydrogens is 228 g/mol. The van der Waals surface area contributed by atoms with Gasteiger partial charge < -0.3 is 15.4 Å². The van der Waals surface area contributed by atoms with Gasteiger partial charge in [0.1, 0.15) is 5.60 Å². The molecule has 0 aliphatic carbocycles. The first kappa shape index (κ1) is 17.2. The van der Waals surface area contributed by atoms with E-state index in [2.05, 4.69) is 24.5 Å². The lowest BCUT2D eigenvalue weighted by Crippen LogP contribution is -2.35. The fraction of sp³-hybridized carbons (Fsp3) is 0.929. The number of nitrogens with one attached hydrogen (secondary N) is 2. The van der Waals surface area contributed by atoms with Crippen molar-refractivity contribution < 1.29 is 9.53 Å². The van der Waals surface area contributed by atoms with Crippen LogP contribution >= 0.6 is 0 Å². The molecular formula is C14H30N2O2. The van der Waals surface area contributed by atoms with Crippen LogP contribution in [0, 0.1) is 0 Å². The number of rotatable bonds is 8.